The van der Waals surface area contributed by atoms with Crippen molar-refractivity contribution < 1.29 is 0 Å². The highest BCUT2D eigenvalue weighted by Gasteiger charge is 2.01. The SMILES string of the molecule is CN=C(NCCc1cccc2ccccc12)NCCn1cccc1.I. The number of nitrogens with one attached hydrogen (secondary N) is 2. The molecule has 0 fully saturated rings. The predicted octanol–water partition coefficient (Wildman–Crippen LogP) is 3.67. The van der Waals surface area contributed by atoms with Gasteiger partial charge in [0, 0.05) is 39.1 Å². The van der Waals surface area contributed by atoms with Crippen LogP contribution < -0.4 is 10.6 Å². The average molecular weight is 448 g/mol. The molecule has 1 aromatic heterocycles. The molecule has 0 unspecified atom stereocenters. The molecule has 0 saturated carbocycles. The molecule has 3 aromatic rings. The molecule has 3 rings (SSSR count). The minimum absolute atomic E-state index is 0. The molecule has 0 aliphatic carbocycles. The largest absolute Gasteiger partial charge is 0.356 e. The standard InChI is InChI=1S/C20H24N4.HI/c1-21-20(23-13-16-24-14-4-5-15-24)22-12-11-18-9-6-8-17-7-2-3-10-19(17)18;/h2-10,14-15H,11-13,16H2,1H3,(H2,21,22,23);1H. The van der Waals surface area contributed by atoms with Gasteiger partial charge in [-0.25, -0.2) is 0 Å². The van der Waals surface area contributed by atoms with Gasteiger partial charge < -0.3 is 15.2 Å². The second-order valence-electron chi connectivity index (χ2n) is 5.73. The first-order valence-corrected chi connectivity index (χ1v) is 8.39. The first kappa shape index (κ1) is 19.3. The molecule has 0 aliphatic rings. The van der Waals surface area contributed by atoms with Crippen molar-refractivity contribution in [3.05, 3.63) is 72.6 Å². The van der Waals surface area contributed by atoms with E-state index >= 15 is 0 Å². The van der Waals surface area contributed by atoms with Crippen LogP contribution in [0, 0.1) is 0 Å². The van der Waals surface area contributed by atoms with Crippen molar-refractivity contribution in [2.75, 3.05) is 20.1 Å². The van der Waals surface area contributed by atoms with Crippen LogP contribution in [-0.4, -0.2) is 30.7 Å². The zero-order valence-corrected chi connectivity index (χ0v) is 16.8. The van der Waals surface area contributed by atoms with Crippen LogP contribution in [0.15, 0.2) is 72.0 Å². The van der Waals surface area contributed by atoms with Crippen LogP contribution in [0.25, 0.3) is 10.8 Å². The monoisotopic (exact) mass is 448 g/mol. The summed E-state index contributed by atoms with van der Waals surface area (Å²) in [5, 5.41) is 9.37. The molecule has 1 heterocycles. The van der Waals surface area contributed by atoms with Gasteiger partial charge in [-0.3, -0.25) is 4.99 Å². The van der Waals surface area contributed by atoms with Crippen molar-refractivity contribution in [3.8, 4) is 0 Å². The molecule has 132 valence electrons. The smallest absolute Gasteiger partial charge is 0.191 e. The van der Waals surface area contributed by atoms with Crippen LogP contribution in [0.2, 0.25) is 0 Å². The third-order valence-corrected chi connectivity index (χ3v) is 4.12. The lowest BCUT2D eigenvalue weighted by molar-refractivity contribution is 0.665. The number of hydrogen-bond donors (Lipinski definition) is 2. The van der Waals surface area contributed by atoms with Crippen molar-refractivity contribution in [2.45, 2.75) is 13.0 Å². The number of benzene rings is 2. The number of aromatic nitrogens is 1. The first-order chi connectivity index (χ1) is 11.9. The van der Waals surface area contributed by atoms with E-state index in [9.17, 15) is 0 Å². The number of hydrogen-bond acceptors (Lipinski definition) is 1. The van der Waals surface area contributed by atoms with Crippen molar-refractivity contribution in [1.82, 2.24) is 15.2 Å². The molecule has 0 atom stereocenters. The zero-order valence-electron chi connectivity index (χ0n) is 14.5. The van der Waals surface area contributed by atoms with E-state index < -0.39 is 0 Å². The lowest BCUT2D eigenvalue weighted by Crippen LogP contribution is -2.39. The summed E-state index contributed by atoms with van der Waals surface area (Å²) in [6.45, 7) is 2.64. The minimum Gasteiger partial charge on any atom is -0.356 e. The lowest BCUT2D eigenvalue weighted by atomic mass is 10.0. The lowest BCUT2D eigenvalue weighted by Gasteiger charge is -2.13. The van der Waals surface area contributed by atoms with E-state index in [2.05, 4.69) is 75.1 Å². The van der Waals surface area contributed by atoms with Crippen LogP contribution in [0.3, 0.4) is 0 Å². The second-order valence-corrected chi connectivity index (χ2v) is 5.73. The Bertz CT molecular complexity index is 791. The number of rotatable bonds is 6. The Morgan fingerprint density at radius 3 is 2.44 bits per heavy atom. The summed E-state index contributed by atoms with van der Waals surface area (Å²) in [5.74, 6) is 0.849. The summed E-state index contributed by atoms with van der Waals surface area (Å²) in [7, 11) is 1.81. The Morgan fingerprint density at radius 1 is 0.920 bits per heavy atom. The minimum atomic E-state index is 0. The van der Waals surface area contributed by atoms with Gasteiger partial charge in [-0.05, 0) is 34.9 Å². The Kier molecular flexibility index (Phi) is 7.78. The molecule has 0 saturated heterocycles. The first-order valence-electron chi connectivity index (χ1n) is 8.39. The summed E-state index contributed by atoms with van der Waals surface area (Å²) in [6, 6.07) is 19.1. The quantitative estimate of drug-likeness (QED) is 0.343. The van der Waals surface area contributed by atoms with Crippen molar-refractivity contribution in [2.24, 2.45) is 4.99 Å². The molecule has 0 radical (unpaired) electrons. The maximum atomic E-state index is 4.29. The molecule has 0 spiro atoms. The molecular weight excluding hydrogens is 423 g/mol. The van der Waals surface area contributed by atoms with E-state index in [4.69, 9.17) is 0 Å². The fraction of sp³-hybridized carbons (Fsp3) is 0.250. The van der Waals surface area contributed by atoms with Gasteiger partial charge in [-0.1, -0.05) is 42.5 Å². The van der Waals surface area contributed by atoms with Crippen LogP contribution in [0.5, 0.6) is 0 Å². The fourth-order valence-corrected chi connectivity index (χ4v) is 2.87. The fourth-order valence-electron chi connectivity index (χ4n) is 2.87. The highest BCUT2D eigenvalue weighted by molar-refractivity contribution is 14.0. The van der Waals surface area contributed by atoms with Gasteiger partial charge in [-0.15, -0.1) is 24.0 Å². The number of nitrogens with zero attached hydrogens (tertiary/aromatic N) is 2. The molecule has 0 amide bonds. The average Bonchev–Trinajstić information content (AvgIpc) is 3.14. The maximum Gasteiger partial charge on any atom is 0.191 e. The van der Waals surface area contributed by atoms with Crippen LogP contribution >= 0.6 is 24.0 Å². The van der Waals surface area contributed by atoms with Gasteiger partial charge >= 0.3 is 0 Å². The molecule has 0 aliphatic heterocycles. The Labute approximate surface area is 166 Å². The van der Waals surface area contributed by atoms with Gasteiger partial charge in [0.05, 0.1) is 0 Å². The Morgan fingerprint density at radius 2 is 1.64 bits per heavy atom. The van der Waals surface area contributed by atoms with Crippen LogP contribution in [0.1, 0.15) is 5.56 Å². The normalized spacial score (nSPS) is 11.2. The summed E-state index contributed by atoms with van der Waals surface area (Å²) in [4.78, 5) is 4.29. The van der Waals surface area contributed by atoms with E-state index in [1.165, 1.54) is 16.3 Å². The Hall–Kier alpha value is -2.02. The highest BCUT2D eigenvalue weighted by atomic mass is 127. The van der Waals surface area contributed by atoms with Crippen LogP contribution in [0.4, 0.5) is 0 Å². The van der Waals surface area contributed by atoms with Gasteiger partial charge in [0.2, 0.25) is 0 Å². The third-order valence-electron chi connectivity index (χ3n) is 4.12. The van der Waals surface area contributed by atoms with Crippen molar-refractivity contribution >= 4 is 40.7 Å². The van der Waals surface area contributed by atoms with Gasteiger partial charge in [-0.2, -0.15) is 0 Å². The predicted molar refractivity (Wildman–Crippen MR) is 117 cm³/mol. The van der Waals surface area contributed by atoms with E-state index in [-0.39, 0.29) is 24.0 Å². The summed E-state index contributed by atoms with van der Waals surface area (Å²) in [5.41, 5.74) is 1.36. The molecule has 2 N–H and O–H groups in total. The number of guanidine groups is 1. The topological polar surface area (TPSA) is 41.4 Å². The van der Waals surface area contributed by atoms with E-state index in [1.54, 1.807) is 0 Å². The maximum absolute atomic E-state index is 4.29. The van der Waals surface area contributed by atoms with Crippen molar-refractivity contribution in [3.63, 3.8) is 0 Å². The number of halogens is 1. The van der Waals surface area contributed by atoms with E-state index in [0.717, 1.165) is 32.0 Å². The zero-order chi connectivity index (χ0) is 16.6. The van der Waals surface area contributed by atoms with Gasteiger partial charge in [0.15, 0.2) is 5.96 Å². The summed E-state index contributed by atoms with van der Waals surface area (Å²) < 4.78 is 2.15. The van der Waals surface area contributed by atoms with Gasteiger partial charge in [0.25, 0.3) is 0 Å². The van der Waals surface area contributed by atoms with Crippen LogP contribution in [-0.2, 0) is 13.0 Å². The second kappa shape index (κ2) is 10.1. The molecule has 5 heteroatoms. The summed E-state index contributed by atoms with van der Waals surface area (Å²) >= 11 is 0. The molecule has 25 heavy (non-hydrogen) atoms. The van der Waals surface area contributed by atoms with E-state index in [1.807, 2.05) is 19.2 Å². The van der Waals surface area contributed by atoms with Crippen molar-refractivity contribution in [1.29, 1.82) is 0 Å². The molecule has 2 aromatic carbocycles. The van der Waals surface area contributed by atoms with E-state index in [0.29, 0.717) is 0 Å². The molecular formula is C20H25IN4. The highest BCUT2D eigenvalue weighted by Crippen LogP contribution is 2.18. The summed E-state index contributed by atoms with van der Waals surface area (Å²) in [6.07, 6.45) is 5.11. The molecule has 4 nitrogen and oxygen atoms in total. The number of aliphatic imine (C=N–C) groups is 1. The number of fused-ring (bicyclic) bond motifs is 1. The molecule has 0 bridgehead atoms. The third kappa shape index (κ3) is 5.49. The Balaban J connectivity index is 0.00000225. The van der Waals surface area contributed by atoms with Gasteiger partial charge in [0.1, 0.15) is 0 Å².